The lowest BCUT2D eigenvalue weighted by Crippen LogP contribution is -1.94. The van der Waals surface area contributed by atoms with Gasteiger partial charge in [0, 0.05) is 17.3 Å². The Kier molecular flexibility index (Phi) is 3.54. The molecule has 3 rings (SSSR count). The molecule has 0 fully saturated rings. The van der Waals surface area contributed by atoms with E-state index in [4.69, 9.17) is 0 Å². The summed E-state index contributed by atoms with van der Waals surface area (Å²) in [4.78, 5) is 0. The van der Waals surface area contributed by atoms with Crippen LogP contribution in [-0.2, 0) is 0 Å². The van der Waals surface area contributed by atoms with Gasteiger partial charge in [0.25, 0.3) is 0 Å². The number of aromatic nitrogens is 2. The summed E-state index contributed by atoms with van der Waals surface area (Å²) in [6.07, 6.45) is 1.15. The number of halogens is 1. The molecule has 106 valence electrons. The van der Waals surface area contributed by atoms with Crippen LogP contribution in [0, 0.1) is 5.82 Å². The summed E-state index contributed by atoms with van der Waals surface area (Å²) in [6.45, 7) is 1.69. The molecule has 0 spiro atoms. The number of rotatable bonds is 3. The van der Waals surface area contributed by atoms with Crippen LogP contribution in [0.3, 0.4) is 0 Å². The van der Waals surface area contributed by atoms with E-state index >= 15 is 0 Å². The minimum absolute atomic E-state index is 0.292. The summed E-state index contributed by atoms with van der Waals surface area (Å²) in [5.41, 5.74) is 3.06. The maximum absolute atomic E-state index is 13.1. The van der Waals surface area contributed by atoms with Gasteiger partial charge in [-0.15, -0.1) is 0 Å². The summed E-state index contributed by atoms with van der Waals surface area (Å²) in [7, 11) is 0. The third-order valence-corrected chi connectivity index (χ3v) is 3.33. The van der Waals surface area contributed by atoms with Crippen molar-refractivity contribution in [2.75, 3.05) is 0 Å². The van der Waals surface area contributed by atoms with Gasteiger partial charge in [0.05, 0.1) is 17.5 Å². The summed E-state index contributed by atoms with van der Waals surface area (Å²) in [5, 5.41) is 14.5. The molecule has 0 aliphatic heterocycles. The van der Waals surface area contributed by atoms with E-state index in [0.29, 0.717) is 11.3 Å². The Hall–Kier alpha value is -2.46. The number of hydrogen-bond acceptors (Lipinski definition) is 2. The minimum atomic E-state index is -0.650. The molecule has 0 bridgehead atoms. The third-order valence-electron chi connectivity index (χ3n) is 3.33. The molecule has 1 N–H and O–H groups in total. The molecule has 0 saturated carbocycles. The van der Waals surface area contributed by atoms with Crippen molar-refractivity contribution >= 4 is 0 Å². The fourth-order valence-corrected chi connectivity index (χ4v) is 2.24. The first-order chi connectivity index (χ1) is 10.1. The molecule has 1 unspecified atom stereocenters. The van der Waals surface area contributed by atoms with Gasteiger partial charge in [0.1, 0.15) is 5.82 Å². The summed E-state index contributed by atoms with van der Waals surface area (Å²) in [5.74, 6) is -0.292. The van der Waals surface area contributed by atoms with Crippen LogP contribution in [0.4, 0.5) is 4.39 Å². The lowest BCUT2D eigenvalue weighted by molar-refractivity contribution is 0.200. The molecule has 2 aromatic carbocycles. The first kappa shape index (κ1) is 13.5. The Balaban J connectivity index is 2.11. The fourth-order valence-electron chi connectivity index (χ4n) is 2.24. The molecular formula is C17H15FN2O. The van der Waals surface area contributed by atoms with Gasteiger partial charge in [-0.1, -0.05) is 18.2 Å². The van der Waals surface area contributed by atoms with Crippen LogP contribution in [0.5, 0.6) is 0 Å². The minimum Gasteiger partial charge on any atom is -0.389 e. The van der Waals surface area contributed by atoms with Gasteiger partial charge in [-0.25, -0.2) is 9.07 Å². The Labute approximate surface area is 122 Å². The normalized spacial score (nSPS) is 12.3. The molecule has 21 heavy (non-hydrogen) atoms. The molecular weight excluding hydrogens is 267 g/mol. The number of hydrogen-bond donors (Lipinski definition) is 1. The van der Waals surface area contributed by atoms with E-state index in [0.717, 1.165) is 11.3 Å². The average Bonchev–Trinajstić information content (AvgIpc) is 2.94. The first-order valence-electron chi connectivity index (χ1n) is 6.74. The van der Waals surface area contributed by atoms with Crippen LogP contribution < -0.4 is 0 Å². The van der Waals surface area contributed by atoms with Crippen molar-refractivity contribution in [1.82, 2.24) is 9.78 Å². The van der Waals surface area contributed by atoms with E-state index in [2.05, 4.69) is 5.10 Å². The maximum Gasteiger partial charge on any atom is 0.123 e. The van der Waals surface area contributed by atoms with Crippen LogP contribution in [0.25, 0.3) is 16.9 Å². The van der Waals surface area contributed by atoms with E-state index in [1.807, 2.05) is 30.3 Å². The molecule has 0 saturated heterocycles. The second-order valence-electron chi connectivity index (χ2n) is 4.90. The molecule has 0 radical (unpaired) electrons. The first-order valence-corrected chi connectivity index (χ1v) is 6.74. The monoisotopic (exact) mass is 282 g/mol. The molecule has 1 heterocycles. The fraction of sp³-hybridized carbons (Fsp3) is 0.118. The Morgan fingerprint density at radius 1 is 1.05 bits per heavy atom. The van der Waals surface area contributed by atoms with Gasteiger partial charge >= 0.3 is 0 Å². The highest BCUT2D eigenvalue weighted by Crippen LogP contribution is 2.28. The van der Waals surface area contributed by atoms with E-state index in [1.54, 1.807) is 29.9 Å². The largest absolute Gasteiger partial charge is 0.389 e. The zero-order chi connectivity index (χ0) is 14.8. The number of benzene rings is 2. The predicted molar refractivity (Wildman–Crippen MR) is 79.6 cm³/mol. The van der Waals surface area contributed by atoms with Crippen molar-refractivity contribution in [3.63, 3.8) is 0 Å². The Bertz CT molecular complexity index is 733. The molecule has 0 aliphatic carbocycles. The van der Waals surface area contributed by atoms with Crippen LogP contribution in [0.15, 0.2) is 60.8 Å². The number of nitrogens with zero attached hydrogens (tertiary/aromatic N) is 2. The number of aliphatic hydroxyl groups excluding tert-OH is 1. The van der Waals surface area contributed by atoms with Crippen LogP contribution in [0.2, 0.25) is 0 Å². The zero-order valence-corrected chi connectivity index (χ0v) is 11.6. The number of aliphatic hydroxyl groups is 1. The summed E-state index contributed by atoms with van der Waals surface area (Å²) in [6, 6.07) is 15.8. The predicted octanol–water partition coefficient (Wildman–Crippen LogP) is 3.73. The highest BCUT2D eigenvalue weighted by molar-refractivity contribution is 5.63. The molecule has 4 heteroatoms. The van der Waals surface area contributed by atoms with Crippen molar-refractivity contribution in [3.8, 4) is 16.9 Å². The van der Waals surface area contributed by atoms with Gasteiger partial charge in [-0.05, 0) is 43.3 Å². The highest BCUT2D eigenvalue weighted by Gasteiger charge is 2.15. The van der Waals surface area contributed by atoms with Crippen molar-refractivity contribution in [3.05, 3.63) is 72.2 Å². The average molecular weight is 282 g/mol. The topological polar surface area (TPSA) is 38.0 Å². The lowest BCUT2D eigenvalue weighted by Gasteiger charge is -2.04. The van der Waals surface area contributed by atoms with E-state index in [1.165, 1.54) is 12.1 Å². The van der Waals surface area contributed by atoms with Crippen LogP contribution in [-0.4, -0.2) is 14.9 Å². The van der Waals surface area contributed by atoms with Gasteiger partial charge in [-0.3, -0.25) is 0 Å². The van der Waals surface area contributed by atoms with Gasteiger partial charge in [0.15, 0.2) is 0 Å². The van der Waals surface area contributed by atoms with Crippen LogP contribution >= 0.6 is 0 Å². The van der Waals surface area contributed by atoms with Crippen molar-refractivity contribution in [2.24, 2.45) is 0 Å². The SMILES string of the molecule is CC(O)c1cn(-c2ccccc2)nc1-c1ccc(F)cc1. The molecule has 1 aromatic heterocycles. The van der Waals surface area contributed by atoms with Crippen molar-refractivity contribution < 1.29 is 9.50 Å². The second-order valence-corrected chi connectivity index (χ2v) is 4.90. The van der Waals surface area contributed by atoms with Gasteiger partial charge in [0.2, 0.25) is 0 Å². The molecule has 3 nitrogen and oxygen atoms in total. The van der Waals surface area contributed by atoms with Gasteiger partial charge in [-0.2, -0.15) is 5.10 Å². The maximum atomic E-state index is 13.1. The van der Waals surface area contributed by atoms with E-state index < -0.39 is 6.10 Å². The summed E-state index contributed by atoms with van der Waals surface area (Å²) >= 11 is 0. The quantitative estimate of drug-likeness (QED) is 0.795. The third kappa shape index (κ3) is 2.71. The highest BCUT2D eigenvalue weighted by atomic mass is 19.1. The lowest BCUT2D eigenvalue weighted by atomic mass is 10.1. The molecule has 0 aliphatic rings. The molecule has 0 amide bonds. The van der Waals surface area contributed by atoms with E-state index in [9.17, 15) is 9.50 Å². The molecule has 3 aromatic rings. The van der Waals surface area contributed by atoms with Gasteiger partial charge < -0.3 is 5.11 Å². The smallest absolute Gasteiger partial charge is 0.123 e. The van der Waals surface area contributed by atoms with Crippen molar-refractivity contribution in [2.45, 2.75) is 13.0 Å². The van der Waals surface area contributed by atoms with Crippen molar-refractivity contribution in [1.29, 1.82) is 0 Å². The molecule has 1 atom stereocenters. The second kappa shape index (κ2) is 5.50. The van der Waals surface area contributed by atoms with E-state index in [-0.39, 0.29) is 5.82 Å². The standard InChI is InChI=1S/C17H15FN2O/c1-12(21)16-11-20(15-5-3-2-4-6-15)19-17(16)13-7-9-14(18)10-8-13/h2-12,21H,1H3. The summed E-state index contributed by atoms with van der Waals surface area (Å²) < 4.78 is 14.8. The van der Waals surface area contributed by atoms with Crippen LogP contribution in [0.1, 0.15) is 18.6 Å². The number of para-hydroxylation sites is 1. The Morgan fingerprint density at radius 3 is 2.33 bits per heavy atom. The Morgan fingerprint density at radius 2 is 1.71 bits per heavy atom. The zero-order valence-electron chi connectivity index (χ0n) is 11.6.